The number of carbonyl (C=O) groups excluding carboxylic acids is 2. The average molecular weight is 275 g/mol. The first-order valence-corrected chi connectivity index (χ1v) is 5.79. The molecule has 0 aliphatic carbocycles. The third-order valence-electron chi connectivity index (χ3n) is 2.59. The zero-order valence-corrected chi connectivity index (χ0v) is 11.0. The second-order valence-electron chi connectivity index (χ2n) is 4.02. The fourth-order valence-corrected chi connectivity index (χ4v) is 1.59. The molecule has 0 saturated heterocycles. The van der Waals surface area contributed by atoms with Crippen molar-refractivity contribution in [2.45, 2.75) is 6.42 Å². The minimum atomic E-state index is -0.460. The van der Waals surface area contributed by atoms with E-state index < -0.39 is 5.97 Å². The van der Waals surface area contributed by atoms with Gasteiger partial charge in [0.1, 0.15) is 0 Å². The highest BCUT2D eigenvalue weighted by atomic mass is 16.5. The second-order valence-corrected chi connectivity index (χ2v) is 4.02. The number of amides is 1. The van der Waals surface area contributed by atoms with Crippen molar-refractivity contribution in [2.75, 3.05) is 12.4 Å². The molecule has 0 aliphatic heterocycles. The van der Waals surface area contributed by atoms with Crippen LogP contribution in [0.4, 0.5) is 5.69 Å². The van der Waals surface area contributed by atoms with E-state index in [9.17, 15) is 9.59 Å². The molecule has 20 heavy (non-hydrogen) atoms. The molecular weight excluding hydrogens is 262 g/mol. The Hall–Kier alpha value is -2.77. The van der Waals surface area contributed by atoms with Gasteiger partial charge in [0.15, 0.2) is 5.82 Å². The van der Waals surface area contributed by atoms with Gasteiger partial charge in [0.2, 0.25) is 5.91 Å². The molecule has 2 aromatic rings. The predicted molar refractivity (Wildman–Crippen MR) is 68.9 cm³/mol. The van der Waals surface area contributed by atoms with Crippen LogP contribution in [0.1, 0.15) is 16.2 Å². The second kappa shape index (κ2) is 5.91. The summed E-state index contributed by atoms with van der Waals surface area (Å²) < 4.78 is 6.04. The highest BCUT2D eigenvalue weighted by Gasteiger charge is 2.11. The van der Waals surface area contributed by atoms with Crippen LogP contribution in [0.5, 0.6) is 0 Å². The molecule has 8 nitrogen and oxygen atoms in total. The van der Waals surface area contributed by atoms with Crippen LogP contribution in [0.3, 0.4) is 0 Å². The lowest BCUT2D eigenvalue weighted by atomic mass is 10.2. The summed E-state index contributed by atoms with van der Waals surface area (Å²) >= 11 is 0. The van der Waals surface area contributed by atoms with E-state index in [4.69, 9.17) is 0 Å². The zero-order valence-electron chi connectivity index (χ0n) is 11.0. The molecule has 2 rings (SSSR count). The molecular formula is C12H13N5O3. The van der Waals surface area contributed by atoms with E-state index in [1.807, 2.05) is 0 Å². The highest BCUT2D eigenvalue weighted by molar-refractivity contribution is 5.95. The van der Waals surface area contributed by atoms with Gasteiger partial charge in [-0.25, -0.2) is 9.48 Å². The summed E-state index contributed by atoms with van der Waals surface area (Å²) in [5, 5.41) is 13.5. The first-order valence-electron chi connectivity index (χ1n) is 5.79. The lowest BCUT2D eigenvalue weighted by Crippen LogP contribution is -2.17. The third kappa shape index (κ3) is 3.16. The van der Waals surface area contributed by atoms with Gasteiger partial charge >= 0.3 is 5.97 Å². The molecule has 0 aliphatic rings. The number of hydrogen-bond acceptors (Lipinski definition) is 6. The molecule has 104 valence electrons. The van der Waals surface area contributed by atoms with E-state index in [0.717, 1.165) is 0 Å². The number of hydrogen-bond donors (Lipinski definition) is 1. The van der Waals surface area contributed by atoms with Gasteiger partial charge in [-0.05, 0) is 28.6 Å². The summed E-state index contributed by atoms with van der Waals surface area (Å²) in [7, 11) is 2.95. The quantitative estimate of drug-likeness (QED) is 0.799. The fourth-order valence-electron chi connectivity index (χ4n) is 1.59. The molecule has 0 atom stereocenters. The zero-order chi connectivity index (χ0) is 14.5. The van der Waals surface area contributed by atoms with E-state index in [0.29, 0.717) is 17.1 Å². The van der Waals surface area contributed by atoms with Crippen molar-refractivity contribution in [3.05, 3.63) is 35.7 Å². The van der Waals surface area contributed by atoms with Crippen LogP contribution in [-0.2, 0) is 23.0 Å². The number of esters is 1. The molecule has 0 bridgehead atoms. The van der Waals surface area contributed by atoms with Crippen LogP contribution in [0.25, 0.3) is 0 Å². The van der Waals surface area contributed by atoms with Crippen molar-refractivity contribution in [3.63, 3.8) is 0 Å². The maximum Gasteiger partial charge on any atom is 0.337 e. The van der Waals surface area contributed by atoms with Gasteiger partial charge < -0.3 is 10.1 Å². The lowest BCUT2D eigenvalue weighted by molar-refractivity contribution is -0.115. The number of aromatic nitrogens is 4. The summed E-state index contributed by atoms with van der Waals surface area (Å²) in [4.78, 5) is 23.2. The predicted octanol–water partition coefficient (Wildman–Crippen LogP) is 0.178. The largest absolute Gasteiger partial charge is 0.465 e. The van der Waals surface area contributed by atoms with Crippen LogP contribution < -0.4 is 5.32 Å². The summed E-state index contributed by atoms with van der Waals surface area (Å²) in [6.45, 7) is 0. The molecule has 1 aromatic heterocycles. The molecule has 0 saturated carbocycles. The van der Waals surface area contributed by atoms with E-state index in [1.165, 1.54) is 11.8 Å². The van der Waals surface area contributed by atoms with Crippen LogP contribution in [0, 0.1) is 0 Å². The van der Waals surface area contributed by atoms with Gasteiger partial charge in [0.05, 0.1) is 19.1 Å². The SMILES string of the molecule is COC(=O)c1cccc(NC(=O)Cc2nnnn2C)c1. The number of rotatable bonds is 4. The number of nitrogens with one attached hydrogen (secondary N) is 1. The maximum absolute atomic E-state index is 11.8. The van der Waals surface area contributed by atoms with E-state index in [-0.39, 0.29) is 12.3 Å². The van der Waals surface area contributed by atoms with Crippen molar-refractivity contribution in [2.24, 2.45) is 7.05 Å². The van der Waals surface area contributed by atoms with Gasteiger partial charge in [0.25, 0.3) is 0 Å². The Balaban J connectivity index is 2.04. The topological polar surface area (TPSA) is 99.0 Å². The normalized spacial score (nSPS) is 10.1. The minimum Gasteiger partial charge on any atom is -0.465 e. The number of tetrazole rings is 1. The summed E-state index contributed by atoms with van der Waals surface area (Å²) in [6.07, 6.45) is 0.0476. The number of ether oxygens (including phenoxy) is 1. The summed E-state index contributed by atoms with van der Waals surface area (Å²) in [5.74, 6) is -0.282. The summed E-state index contributed by atoms with van der Waals surface area (Å²) in [6, 6.07) is 6.48. The van der Waals surface area contributed by atoms with Gasteiger partial charge in [-0.3, -0.25) is 4.79 Å². The Labute approximate surface area is 114 Å². The molecule has 8 heteroatoms. The molecule has 1 heterocycles. The molecule has 1 N–H and O–H groups in total. The van der Waals surface area contributed by atoms with Crippen LogP contribution >= 0.6 is 0 Å². The molecule has 0 fully saturated rings. The molecule has 0 spiro atoms. The number of nitrogens with zero attached hydrogens (tertiary/aromatic N) is 4. The first kappa shape index (κ1) is 13.7. The van der Waals surface area contributed by atoms with Gasteiger partial charge in [-0.15, -0.1) is 5.10 Å². The fraction of sp³-hybridized carbons (Fsp3) is 0.250. The van der Waals surface area contributed by atoms with Gasteiger partial charge in [-0.2, -0.15) is 0 Å². The lowest BCUT2D eigenvalue weighted by Gasteiger charge is -2.06. The van der Waals surface area contributed by atoms with Crippen molar-refractivity contribution >= 4 is 17.6 Å². The van der Waals surface area contributed by atoms with E-state index >= 15 is 0 Å². The maximum atomic E-state index is 11.8. The Kier molecular flexibility index (Phi) is 4.04. The number of methoxy groups -OCH3 is 1. The Bertz CT molecular complexity index is 638. The molecule has 0 radical (unpaired) electrons. The number of carbonyl (C=O) groups is 2. The van der Waals surface area contributed by atoms with Crippen LogP contribution in [0.2, 0.25) is 0 Å². The average Bonchev–Trinajstić information content (AvgIpc) is 2.83. The van der Waals surface area contributed by atoms with Crippen molar-refractivity contribution in [1.82, 2.24) is 20.2 Å². The Morgan fingerprint density at radius 1 is 1.40 bits per heavy atom. The van der Waals surface area contributed by atoms with Crippen molar-refractivity contribution in [3.8, 4) is 0 Å². The standard InChI is InChI=1S/C12H13N5O3/c1-17-10(14-15-16-17)7-11(18)13-9-5-3-4-8(6-9)12(19)20-2/h3-6H,7H2,1-2H3,(H,13,18). The van der Waals surface area contributed by atoms with Crippen molar-refractivity contribution in [1.29, 1.82) is 0 Å². The van der Waals surface area contributed by atoms with Crippen LogP contribution in [-0.4, -0.2) is 39.2 Å². The number of aryl methyl sites for hydroxylation is 1. The van der Waals surface area contributed by atoms with Crippen LogP contribution in [0.15, 0.2) is 24.3 Å². The molecule has 0 unspecified atom stereocenters. The first-order chi connectivity index (χ1) is 9.60. The number of anilines is 1. The summed E-state index contributed by atoms with van der Waals surface area (Å²) in [5.41, 5.74) is 0.874. The Morgan fingerprint density at radius 2 is 2.20 bits per heavy atom. The minimum absolute atomic E-state index is 0.0476. The monoisotopic (exact) mass is 275 g/mol. The Morgan fingerprint density at radius 3 is 2.85 bits per heavy atom. The van der Waals surface area contributed by atoms with Gasteiger partial charge in [-0.1, -0.05) is 6.07 Å². The molecule has 1 aromatic carbocycles. The third-order valence-corrected chi connectivity index (χ3v) is 2.59. The molecule has 1 amide bonds. The smallest absolute Gasteiger partial charge is 0.337 e. The van der Waals surface area contributed by atoms with Crippen molar-refractivity contribution < 1.29 is 14.3 Å². The number of benzene rings is 1. The van der Waals surface area contributed by atoms with E-state index in [2.05, 4.69) is 25.6 Å². The highest BCUT2D eigenvalue weighted by Crippen LogP contribution is 2.11. The van der Waals surface area contributed by atoms with Gasteiger partial charge in [0, 0.05) is 12.7 Å². The van der Waals surface area contributed by atoms with E-state index in [1.54, 1.807) is 31.3 Å².